The number of nitrogens with two attached hydrogens (primary N) is 1. The maximum atomic E-state index is 12.2. The van der Waals surface area contributed by atoms with Gasteiger partial charge >= 0.3 is 6.36 Å². The average molecular weight is 337 g/mol. The second kappa shape index (κ2) is 6.68. The fourth-order valence-electron chi connectivity index (χ4n) is 2.92. The number of hydrogen-bond donors (Lipinski definition) is 1. The molecule has 0 spiro atoms. The molecule has 1 aliphatic rings. The SMILES string of the molecule is Nc1cc(CN2CCCC2)c(-c2ccc(OC(F)(F)F)cc2)cn1. The van der Waals surface area contributed by atoms with Crippen molar-refractivity contribution >= 4 is 5.82 Å². The molecule has 3 rings (SSSR count). The minimum absolute atomic E-state index is 0.240. The summed E-state index contributed by atoms with van der Waals surface area (Å²) in [7, 11) is 0. The van der Waals surface area contributed by atoms with Crippen LogP contribution in [0.3, 0.4) is 0 Å². The molecule has 1 aromatic heterocycles. The van der Waals surface area contributed by atoms with E-state index in [4.69, 9.17) is 5.73 Å². The number of benzene rings is 1. The van der Waals surface area contributed by atoms with E-state index in [-0.39, 0.29) is 5.75 Å². The maximum Gasteiger partial charge on any atom is 0.573 e. The van der Waals surface area contributed by atoms with Crippen molar-refractivity contribution in [3.63, 3.8) is 0 Å². The van der Waals surface area contributed by atoms with Gasteiger partial charge in [0.05, 0.1) is 0 Å². The molecule has 0 saturated carbocycles. The molecule has 4 nitrogen and oxygen atoms in total. The first-order valence-corrected chi connectivity index (χ1v) is 7.74. The van der Waals surface area contributed by atoms with Crippen LogP contribution in [0.5, 0.6) is 5.75 Å². The molecule has 1 fully saturated rings. The minimum atomic E-state index is -4.69. The Bertz CT molecular complexity index is 695. The summed E-state index contributed by atoms with van der Waals surface area (Å²) in [4.78, 5) is 6.45. The van der Waals surface area contributed by atoms with Crippen molar-refractivity contribution in [2.24, 2.45) is 0 Å². The molecule has 1 aliphatic heterocycles. The monoisotopic (exact) mass is 337 g/mol. The highest BCUT2D eigenvalue weighted by Gasteiger charge is 2.31. The van der Waals surface area contributed by atoms with Crippen LogP contribution < -0.4 is 10.5 Å². The van der Waals surface area contributed by atoms with E-state index in [0.717, 1.165) is 36.3 Å². The van der Waals surface area contributed by atoms with Crippen molar-refractivity contribution < 1.29 is 17.9 Å². The molecule has 2 aromatic rings. The van der Waals surface area contributed by atoms with Crippen LogP contribution >= 0.6 is 0 Å². The summed E-state index contributed by atoms with van der Waals surface area (Å²) in [6.45, 7) is 2.84. The Labute approximate surface area is 138 Å². The van der Waals surface area contributed by atoms with Crippen LogP contribution in [-0.4, -0.2) is 29.3 Å². The van der Waals surface area contributed by atoms with Gasteiger partial charge in [-0.2, -0.15) is 0 Å². The van der Waals surface area contributed by atoms with Crippen molar-refractivity contribution in [3.05, 3.63) is 42.1 Å². The summed E-state index contributed by atoms with van der Waals surface area (Å²) < 4.78 is 40.7. The summed E-state index contributed by atoms with van der Waals surface area (Å²) in [5.41, 5.74) is 8.47. The zero-order valence-electron chi connectivity index (χ0n) is 13.0. The number of anilines is 1. The summed E-state index contributed by atoms with van der Waals surface area (Å²) in [6.07, 6.45) is -0.662. The number of rotatable bonds is 4. The fraction of sp³-hybridized carbons (Fsp3) is 0.353. The molecule has 24 heavy (non-hydrogen) atoms. The molecule has 2 N–H and O–H groups in total. The third kappa shape index (κ3) is 4.17. The number of halogens is 3. The zero-order chi connectivity index (χ0) is 17.2. The van der Waals surface area contributed by atoms with Crippen LogP contribution in [0, 0.1) is 0 Å². The van der Waals surface area contributed by atoms with Gasteiger partial charge in [0.15, 0.2) is 0 Å². The summed E-state index contributed by atoms with van der Waals surface area (Å²) in [6, 6.07) is 7.63. The highest BCUT2D eigenvalue weighted by molar-refractivity contribution is 5.68. The molecular formula is C17H18F3N3O. The van der Waals surface area contributed by atoms with Crippen LogP contribution in [0.25, 0.3) is 11.1 Å². The predicted octanol–water partition coefficient (Wildman–Crippen LogP) is 3.83. The van der Waals surface area contributed by atoms with Gasteiger partial charge in [-0.05, 0) is 55.3 Å². The van der Waals surface area contributed by atoms with E-state index < -0.39 is 6.36 Å². The number of likely N-dealkylation sites (tertiary alicyclic amines) is 1. The van der Waals surface area contributed by atoms with Crippen molar-refractivity contribution in [2.75, 3.05) is 18.8 Å². The van der Waals surface area contributed by atoms with Gasteiger partial charge in [0.2, 0.25) is 0 Å². The number of ether oxygens (including phenoxy) is 1. The third-order valence-corrected chi connectivity index (χ3v) is 4.00. The van der Waals surface area contributed by atoms with Gasteiger partial charge in [-0.3, -0.25) is 4.90 Å². The topological polar surface area (TPSA) is 51.4 Å². The molecule has 0 unspecified atom stereocenters. The smallest absolute Gasteiger partial charge is 0.406 e. The van der Waals surface area contributed by atoms with Crippen molar-refractivity contribution in [3.8, 4) is 16.9 Å². The first-order chi connectivity index (χ1) is 11.4. The number of nitrogen functional groups attached to an aromatic ring is 1. The first kappa shape index (κ1) is 16.6. The number of alkyl halides is 3. The normalized spacial score (nSPS) is 15.6. The quantitative estimate of drug-likeness (QED) is 0.921. The molecule has 0 amide bonds. The van der Waals surface area contributed by atoms with Gasteiger partial charge < -0.3 is 10.5 Å². The highest BCUT2D eigenvalue weighted by atomic mass is 19.4. The lowest BCUT2D eigenvalue weighted by molar-refractivity contribution is -0.274. The van der Waals surface area contributed by atoms with Crippen LogP contribution in [0.2, 0.25) is 0 Å². The molecule has 128 valence electrons. The number of aromatic nitrogens is 1. The Morgan fingerprint density at radius 1 is 1.12 bits per heavy atom. The number of hydrogen-bond acceptors (Lipinski definition) is 4. The Hall–Kier alpha value is -2.28. The Kier molecular flexibility index (Phi) is 4.62. The van der Waals surface area contributed by atoms with E-state index in [9.17, 15) is 13.2 Å². The summed E-state index contributed by atoms with van der Waals surface area (Å²) in [5, 5.41) is 0. The van der Waals surface area contributed by atoms with Crippen molar-refractivity contribution in [1.29, 1.82) is 0 Å². The van der Waals surface area contributed by atoms with Crippen LogP contribution in [0.15, 0.2) is 36.5 Å². The van der Waals surface area contributed by atoms with Gasteiger partial charge in [0.1, 0.15) is 11.6 Å². The van der Waals surface area contributed by atoms with E-state index in [1.54, 1.807) is 18.3 Å². The third-order valence-electron chi connectivity index (χ3n) is 4.00. The molecule has 0 bridgehead atoms. The number of nitrogens with zero attached hydrogens (tertiary/aromatic N) is 2. The Morgan fingerprint density at radius 3 is 2.42 bits per heavy atom. The zero-order valence-corrected chi connectivity index (χ0v) is 13.0. The van der Waals surface area contributed by atoms with Crippen LogP contribution in [-0.2, 0) is 6.54 Å². The van der Waals surface area contributed by atoms with E-state index in [1.807, 2.05) is 6.07 Å². The van der Waals surface area contributed by atoms with Crippen molar-refractivity contribution in [2.45, 2.75) is 25.7 Å². The van der Waals surface area contributed by atoms with Gasteiger partial charge in [0.25, 0.3) is 0 Å². The van der Waals surface area contributed by atoms with Gasteiger partial charge in [-0.15, -0.1) is 13.2 Å². The van der Waals surface area contributed by atoms with Gasteiger partial charge in [-0.25, -0.2) is 4.98 Å². The Balaban J connectivity index is 1.85. The Morgan fingerprint density at radius 2 is 1.79 bits per heavy atom. The van der Waals surface area contributed by atoms with E-state index in [1.165, 1.54) is 25.0 Å². The van der Waals surface area contributed by atoms with E-state index >= 15 is 0 Å². The average Bonchev–Trinajstić information content (AvgIpc) is 3.00. The molecule has 7 heteroatoms. The molecule has 0 aliphatic carbocycles. The fourth-order valence-corrected chi connectivity index (χ4v) is 2.92. The molecular weight excluding hydrogens is 319 g/mol. The minimum Gasteiger partial charge on any atom is -0.406 e. The second-order valence-electron chi connectivity index (χ2n) is 5.82. The van der Waals surface area contributed by atoms with Crippen LogP contribution in [0.4, 0.5) is 19.0 Å². The number of pyridine rings is 1. The lowest BCUT2D eigenvalue weighted by Gasteiger charge is -2.18. The predicted molar refractivity (Wildman–Crippen MR) is 85.3 cm³/mol. The van der Waals surface area contributed by atoms with Gasteiger partial charge in [0, 0.05) is 18.3 Å². The summed E-state index contributed by atoms with van der Waals surface area (Å²) in [5.74, 6) is 0.195. The molecule has 1 saturated heterocycles. The molecule has 1 aromatic carbocycles. The molecule has 2 heterocycles. The maximum absolute atomic E-state index is 12.2. The van der Waals surface area contributed by atoms with E-state index in [2.05, 4.69) is 14.6 Å². The molecule has 0 atom stereocenters. The first-order valence-electron chi connectivity index (χ1n) is 7.74. The molecule has 0 radical (unpaired) electrons. The lowest BCUT2D eigenvalue weighted by Crippen LogP contribution is -2.19. The standard InChI is InChI=1S/C17H18F3N3O/c18-17(19,20)24-14-5-3-12(4-6-14)15-10-22-16(21)9-13(15)11-23-7-1-2-8-23/h3-6,9-10H,1-2,7-8,11H2,(H2,21,22). The second-order valence-corrected chi connectivity index (χ2v) is 5.82. The highest BCUT2D eigenvalue weighted by Crippen LogP contribution is 2.29. The van der Waals surface area contributed by atoms with Crippen LogP contribution in [0.1, 0.15) is 18.4 Å². The van der Waals surface area contributed by atoms with Crippen molar-refractivity contribution in [1.82, 2.24) is 9.88 Å². The summed E-state index contributed by atoms with van der Waals surface area (Å²) >= 11 is 0. The lowest BCUT2D eigenvalue weighted by atomic mass is 10.0. The largest absolute Gasteiger partial charge is 0.573 e. The van der Waals surface area contributed by atoms with E-state index in [0.29, 0.717) is 5.82 Å². The van der Waals surface area contributed by atoms with Gasteiger partial charge in [-0.1, -0.05) is 12.1 Å².